The molecule has 11 heteroatoms. The Kier molecular flexibility index (Phi) is 5.51. The third kappa shape index (κ3) is 4.31. The van der Waals surface area contributed by atoms with Crippen LogP contribution in [-0.4, -0.2) is 26.6 Å². The van der Waals surface area contributed by atoms with Crippen molar-refractivity contribution in [2.75, 3.05) is 16.8 Å². The minimum Gasteiger partial charge on any atom is -0.382 e. The highest BCUT2D eigenvalue weighted by molar-refractivity contribution is 7.99. The number of hydrogen-bond acceptors (Lipinski definition) is 8. The number of carbonyl (C=O) groups is 1. The van der Waals surface area contributed by atoms with Crippen molar-refractivity contribution in [3.05, 3.63) is 45.1 Å². The Labute approximate surface area is 145 Å². The third-order valence-corrected chi connectivity index (χ3v) is 3.87. The first-order valence-electron chi connectivity index (χ1n) is 6.30. The van der Waals surface area contributed by atoms with Gasteiger partial charge in [0, 0.05) is 12.1 Å². The molecular formula is C13H9ClN6O3S. The Bertz CT molecular complexity index is 854. The van der Waals surface area contributed by atoms with E-state index in [2.05, 4.69) is 15.3 Å². The number of nitrogens with two attached hydrogens (primary N) is 1. The van der Waals surface area contributed by atoms with Crippen LogP contribution >= 0.6 is 23.4 Å². The molecule has 0 aliphatic heterocycles. The van der Waals surface area contributed by atoms with E-state index in [4.69, 9.17) is 22.6 Å². The fourth-order valence-electron chi connectivity index (χ4n) is 1.57. The number of non-ortho nitro benzene ring substituents is 1. The number of nitrogen functional groups attached to an aromatic ring is 1. The zero-order valence-electron chi connectivity index (χ0n) is 11.9. The van der Waals surface area contributed by atoms with E-state index in [0.717, 1.165) is 11.8 Å². The molecule has 0 aliphatic carbocycles. The number of amides is 1. The summed E-state index contributed by atoms with van der Waals surface area (Å²) in [6, 6.07) is 5.56. The van der Waals surface area contributed by atoms with Crippen molar-refractivity contribution < 1.29 is 9.72 Å². The maximum atomic E-state index is 11.9. The third-order valence-electron chi connectivity index (χ3n) is 2.68. The number of anilines is 2. The first-order chi connectivity index (χ1) is 11.4. The van der Waals surface area contributed by atoms with E-state index in [9.17, 15) is 14.9 Å². The molecular weight excluding hydrogens is 356 g/mol. The normalized spacial score (nSPS) is 10.0. The molecule has 122 valence electrons. The standard InChI is InChI=1S/C13H9ClN6O3S/c14-9-2-1-8(20(22)23)3-10(9)18-11(21)6-24-13-17-5-7(4-15)12(16)19-13/h1-3,5H,6H2,(H,18,21)(H2,16,17,19). The van der Waals surface area contributed by atoms with Crippen molar-refractivity contribution in [2.45, 2.75) is 5.16 Å². The molecule has 1 amide bonds. The lowest BCUT2D eigenvalue weighted by atomic mass is 10.3. The molecule has 0 atom stereocenters. The average Bonchev–Trinajstić information content (AvgIpc) is 2.55. The van der Waals surface area contributed by atoms with Gasteiger partial charge in [0.1, 0.15) is 17.5 Å². The SMILES string of the molecule is N#Cc1cnc(SCC(=O)Nc2cc([N+](=O)[O-])ccc2Cl)nc1N. The van der Waals surface area contributed by atoms with E-state index in [1.807, 2.05) is 6.07 Å². The molecule has 1 aromatic carbocycles. The van der Waals surface area contributed by atoms with Crippen LogP contribution in [0.25, 0.3) is 0 Å². The number of aromatic nitrogens is 2. The Balaban J connectivity index is 2.01. The lowest BCUT2D eigenvalue weighted by Crippen LogP contribution is -2.15. The Morgan fingerprint density at radius 1 is 1.54 bits per heavy atom. The van der Waals surface area contributed by atoms with Crippen LogP contribution in [0.3, 0.4) is 0 Å². The van der Waals surface area contributed by atoms with Gasteiger partial charge in [-0.05, 0) is 6.07 Å². The molecule has 0 bridgehead atoms. The lowest BCUT2D eigenvalue weighted by molar-refractivity contribution is -0.384. The zero-order valence-corrected chi connectivity index (χ0v) is 13.5. The summed E-state index contributed by atoms with van der Waals surface area (Å²) in [5, 5.41) is 22.4. The molecule has 0 radical (unpaired) electrons. The number of hydrogen-bond donors (Lipinski definition) is 2. The molecule has 0 aliphatic rings. The Hall–Kier alpha value is -2.90. The summed E-state index contributed by atoms with van der Waals surface area (Å²) < 4.78 is 0. The topological polar surface area (TPSA) is 148 Å². The van der Waals surface area contributed by atoms with Gasteiger partial charge in [0.15, 0.2) is 5.16 Å². The van der Waals surface area contributed by atoms with Crippen molar-refractivity contribution >= 4 is 46.5 Å². The predicted octanol–water partition coefficient (Wildman–Crippen LogP) is 2.22. The number of nitro benzene ring substituents is 1. The molecule has 0 unspecified atom stereocenters. The number of nitrogens with one attached hydrogen (secondary N) is 1. The second kappa shape index (κ2) is 7.58. The Morgan fingerprint density at radius 3 is 2.92 bits per heavy atom. The maximum absolute atomic E-state index is 11.9. The first kappa shape index (κ1) is 17.5. The highest BCUT2D eigenvalue weighted by atomic mass is 35.5. The average molecular weight is 365 g/mol. The van der Waals surface area contributed by atoms with Crippen LogP contribution in [-0.2, 0) is 4.79 Å². The van der Waals surface area contributed by atoms with Gasteiger partial charge in [-0.2, -0.15) is 5.26 Å². The largest absolute Gasteiger partial charge is 0.382 e. The van der Waals surface area contributed by atoms with Crippen molar-refractivity contribution in [3.63, 3.8) is 0 Å². The number of nitriles is 1. The highest BCUT2D eigenvalue weighted by Gasteiger charge is 2.13. The van der Waals surface area contributed by atoms with Gasteiger partial charge in [-0.15, -0.1) is 0 Å². The number of thioether (sulfide) groups is 1. The number of rotatable bonds is 5. The van der Waals surface area contributed by atoms with Crippen molar-refractivity contribution in [3.8, 4) is 6.07 Å². The van der Waals surface area contributed by atoms with Crippen LogP contribution in [0.2, 0.25) is 5.02 Å². The van der Waals surface area contributed by atoms with Crippen LogP contribution in [0, 0.1) is 21.4 Å². The number of nitro groups is 1. The van der Waals surface area contributed by atoms with E-state index in [0.29, 0.717) is 0 Å². The van der Waals surface area contributed by atoms with Crippen LogP contribution in [0.5, 0.6) is 0 Å². The predicted molar refractivity (Wildman–Crippen MR) is 88.6 cm³/mol. The summed E-state index contributed by atoms with van der Waals surface area (Å²) in [7, 11) is 0. The molecule has 0 saturated carbocycles. The van der Waals surface area contributed by atoms with Gasteiger partial charge in [0.25, 0.3) is 5.69 Å². The summed E-state index contributed by atoms with van der Waals surface area (Å²) in [5.74, 6) is -0.490. The number of nitrogens with zero attached hydrogens (tertiary/aromatic N) is 4. The van der Waals surface area contributed by atoms with E-state index in [1.54, 1.807) is 0 Å². The summed E-state index contributed by atoms with van der Waals surface area (Å²) in [4.78, 5) is 29.9. The van der Waals surface area contributed by atoms with Crippen LogP contribution in [0.4, 0.5) is 17.2 Å². The summed E-state index contributed by atoms with van der Waals surface area (Å²) in [6.07, 6.45) is 1.26. The summed E-state index contributed by atoms with van der Waals surface area (Å²) in [6.45, 7) is 0. The van der Waals surface area contributed by atoms with E-state index >= 15 is 0 Å². The van der Waals surface area contributed by atoms with Crippen molar-refractivity contribution in [2.24, 2.45) is 0 Å². The number of carbonyl (C=O) groups excluding carboxylic acids is 1. The lowest BCUT2D eigenvalue weighted by Gasteiger charge is -2.07. The molecule has 0 fully saturated rings. The van der Waals surface area contributed by atoms with Gasteiger partial charge in [0.2, 0.25) is 5.91 Å². The van der Waals surface area contributed by atoms with Gasteiger partial charge in [-0.25, -0.2) is 9.97 Å². The van der Waals surface area contributed by atoms with Gasteiger partial charge < -0.3 is 11.1 Å². The summed E-state index contributed by atoms with van der Waals surface area (Å²) >= 11 is 6.90. The smallest absolute Gasteiger partial charge is 0.271 e. The summed E-state index contributed by atoms with van der Waals surface area (Å²) in [5.41, 5.74) is 5.65. The number of halogens is 1. The van der Waals surface area contributed by atoms with Crippen LogP contribution in [0.1, 0.15) is 5.56 Å². The molecule has 2 rings (SSSR count). The fourth-order valence-corrected chi connectivity index (χ4v) is 2.36. The molecule has 1 heterocycles. The quantitative estimate of drug-likeness (QED) is 0.355. The minimum atomic E-state index is -0.589. The van der Waals surface area contributed by atoms with Gasteiger partial charge in [-0.3, -0.25) is 14.9 Å². The van der Waals surface area contributed by atoms with Crippen molar-refractivity contribution in [1.82, 2.24) is 9.97 Å². The van der Waals surface area contributed by atoms with E-state index < -0.39 is 10.8 Å². The molecule has 0 saturated heterocycles. The van der Waals surface area contributed by atoms with E-state index in [1.165, 1.54) is 24.4 Å². The van der Waals surface area contributed by atoms with E-state index in [-0.39, 0.29) is 38.7 Å². The van der Waals surface area contributed by atoms with Crippen LogP contribution in [0.15, 0.2) is 29.6 Å². The minimum absolute atomic E-state index is 0.0251. The fraction of sp³-hybridized carbons (Fsp3) is 0.0769. The maximum Gasteiger partial charge on any atom is 0.271 e. The molecule has 0 spiro atoms. The monoisotopic (exact) mass is 364 g/mol. The molecule has 1 aromatic heterocycles. The molecule has 24 heavy (non-hydrogen) atoms. The van der Waals surface area contributed by atoms with Crippen LogP contribution < -0.4 is 11.1 Å². The highest BCUT2D eigenvalue weighted by Crippen LogP contribution is 2.27. The molecule has 9 nitrogen and oxygen atoms in total. The van der Waals surface area contributed by atoms with Gasteiger partial charge in [-0.1, -0.05) is 23.4 Å². The van der Waals surface area contributed by atoms with Crippen molar-refractivity contribution in [1.29, 1.82) is 5.26 Å². The molecule has 2 aromatic rings. The second-order valence-electron chi connectivity index (χ2n) is 4.32. The Morgan fingerprint density at radius 2 is 2.29 bits per heavy atom. The molecule has 3 N–H and O–H groups in total. The van der Waals surface area contributed by atoms with Gasteiger partial charge in [0.05, 0.1) is 27.6 Å². The number of benzene rings is 1. The van der Waals surface area contributed by atoms with Gasteiger partial charge >= 0.3 is 0 Å². The first-order valence-corrected chi connectivity index (χ1v) is 7.66. The second-order valence-corrected chi connectivity index (χ2v) is 5.67. The zero-order chi connectivity index (χ0) is 17.7.